The second-order valence-electron chi connectivity index (χ2n) is 6.98. The average Bonchev–Trinajstić information content (AvgIpc) is 2.75. The number of aromatic nitrogens is 1. The van der Waals surface area contributed by atoms with E-state index >= 15 is 0 Å². The number of rotatable bonds is 5. The molecule has 30 heavy (non-hydrogen) atoms. The molecule has 0 saturated heterocycles. The molecule has 0 aliphatic rings. The summed E-state index contributed by atoms with van der Waals surface area (Å²) in [6, 6.07) is 25.0. The molecule has 3 aromatic carbocycles. The van der Waals surface area contributed by atoms with Crippen LogP contribution in [0.25, 0.3) is 22.4 Å². The first-order valence-corrected chi connectivity index (χ1v) is 9.57. The van der Waals surface area contributed by atoms with Gasteiger partial charge in [-0.3, -0.25) is 10.4 Å². The number of hydrogen-bond donors (Lipinski definition) is 3. The Morgan fingerprint density at radius 2 is 1.47 bits per heavy atom. The van der Waals surface area contributed by atoms with Gasteiger partial charge in [-0.05, 0) is 42.3 Å². The Morgan fingerprint density at radius 1 is 0.833 bits per heavy atom. The normalized spacial score (nSPS) is 10.6. The van der Waals surface area contributed by atoms with Crippen LogP contribution in [0.4, 0.5) is 5.69 Å². The lowest BCUT2D eigenvalue weighted by molar-refractivity contribution is 0.483. The number of nitrogens with one attached hydrogen (secondary N) is 1. The first-order valence-electron chi connectivity index (χ1n) is 9.57. The highest BCUT2D eigenvalue weighted by Crippen LogP contribution is 2.35. The molecule has 5 N–H and O–H groups in total. The summed E-state index contributed by atoms with van der Waals surface area (Å²) in [5.41, 5.74) is 17.4. The molecule has 5 nitrogen and oxygen atoms in total. The van der Waals surface area contributed by atoms with Crippen LogP contribution in [-0.2, 0) is 0 Å². The van der Waals surface area contributed by atoms with Crippen molar-refractivity contribution in [1.82, 2.24) is 4.98 Å². The number of anilines is 1. The number of hydrogen-bond acceptors (Lipinski definition) is 4. The minimum Gasteiger partial charge on any atom is -0.457 e. The molecule has 0 spiro atoms. The molecule has 0 atom stereocenters. The van der Waals surface area contributed by atoms with Gasteiger partial charge in [0.15, 0.2) is 0 Å². The van der Waals surface area contributed by atoms with Crippen LogP contribution in [0.15, 0.2) is 85.1 Å². The second-order valence-corrected chi connectivity index (χ2v) is 6.98. The van der Waals surface area contributed by atoms with Gasteiger partial charge in [-0.1, -0.05) is 54.6 Å². The molecule has 0 aliphatic heterocycles. The summed E-state index contributed by atoms with van der Waals surface area (Å²) in [4.78, 5) is 4.61. The molecule has 148 valence electrons. The highest BCUT2D eigenvalue weighted by Gasteiger charge is 2.18. The highest BCUT2D eigenvalue weighted by atomic mass is 16.5. The van der Waals surface area contributed by atoms with E-state index in [4.69, 9.17) is 21.6 Å². The number of amidine groups is 1. The van der Waals surface area contributed by atoms with Crippen molar-refractivity contribution >= 4 is 11.5 Å². The van der Waals surface area contributed by atoms with Crippen molar-refractivity contribution < 1.29 is 4.74 Å². The van der Waals surface area contributed by atoms with Crippen molar-refractivity contribution in [3.8, 4) is 33.9 Å². The van der Waals surface area contributed by atoms with Crippen molar-refractivity contribution in [2.24, 2.45) is 5.73 Å². The van der Waals surface area contributed by atoms with Crippen LogP contribution in [0, 0.1) is 12.3 Å². The minimum absolute atomic E-state index is 0.0932. The Kier molecular flexibility index (Phi) is 5.18. The first-order chi connectivity index (χ1) is 14.5. The fraction of sp³-hybridized carbons (Fsp3) is 0.0400. The molecule has 4 aromatic rings. The van der Waals surface area contributed by atoms with Crippen LogP contribution >= 0.6 is 0 Å². The Morgan fingerprint density at radius 3 is 2.13 bits per heavy atom. The number of aryl methyl sites for hydroxylation is 1. The van der Waals surface area contributed by atoms with Crippen LogP contribution in [-0.4, -0.2) is 10.8 Å². The zero-order chi connectivity index (χ0) is 21.1. The number of nitrogens with two attached hydrogens (primary N) is 2. The Bertz CT molecular complexity index is 1200. The SMILES string of the molecule is Cc1ccccc1-c1ncc(-c2ccc(Oc3ccccc3)cc2)c(C(=N)N)c1N. The zero-order valence-corrected chi connectivity index (χ0v) is 16.6. The number of nitrogens with zero attached hydrogens (tertiary/aromatic N) is 1. The van der Waals surface area contributed by atoms with Gasteiger partial charge in [0.2, 0.25) is 0 Å². The maximum Gasteiger partial charge on any atom is 0.127 e. The number of benzene rings is 3. The summed E-state index contributed by atoms with van der Waals surface area (Å²) in [6.45, 7) is 2.00. The molecule has 0 bridgehead atoms. The lowest BCUT2D eigenvalue weighted by atomic mass is 9.95. The molecule has 5 heteroatoms. The van der Waals surface area contributed by atoms with Gasteiger partial charge in [-0.25, -0.2) is 0 Å². The van der Waals surface area contributed by atoms with Crippen molar-refractivity contribution in [3.63, 3.8) is 0 Å². The van der Waals surface area contributed by atoms with E-state index < -0.39 is 0 Å². The average molecular weight is 394 g/mol. The zero-order valence-electron chi connectivity index (χ0n) is 16.6. The van der Waals surface area contributed by atoms with Crippen molar-refractivity contribution in [1.29, 1.82) is 5.41 Å². The summed E-state index contributed by atoms with van der Waals surface area (Å²) in [5, 5.41) is 8.12. The van der Waals surface area contributed by atoms with E-state index in [1.165, 1.54) is 0 Å². The number of nitrogen functional groups attached to an aromatic ring is 2. The van der Waals surface area contributed by atoms with Crippen LogP contribution in [0.5, 0.6) is 11.5 Å². The Labute approximate surface area is 175 Å². The standard InChI is InChI=1S/C25H22N4O/c1-16-7-5-6-10-20(16)24-23(26)22(25(27)28)21(15-29-24)17-11-13-19(14-12-17)30-18-8-3-2-4-9-18/h2-15H,26H2,1H3,(H3,27,28). The maximum atomic E-state index is 8.12. The highest BCUT2D eigenvalue weighted by molar-refractivity contribution is 6.08. The van der Waals surface area contributed by atoms with E-state index in [9.17, 15) is 0 Å². The molecule has 1 heterocycles. The third-order valence-corrected chi connectivity index (χ3v) is 4.93. The van der Waals surface area contributed by atoms with Gasteiger partial charge < -0.3 is 16.2 Å². The van der Waals surface area contributed by atoms with Crippen molar-refractivity contribution in [2.75, 3.05) is 5.73 Å². The second kappa shape index (κ2) is 8.09. The fourth-order valence-electron chi connectivity index (χ4n) is 3.42. The molecule has 0 radical (unpaired) electrons. The summed E-state index contributed by atoms with van der Waals surface area (Å²) in [5.74, 6) is 1.39. The van der Waals surface area contributed by atoms with Gasteiger partial charge in [-0.2, -0.15) is 0 Å². The monoisotopic (exact) mass is 394 g/mol. The van der Waals surface area contributed by atoms with Gasteiger partial charge in [0, 0.05) is 17.3 Å². The number of ether oxygens (including phenoxy) is 1. The Balaban J connectivity index is 1.73. The summed E-state index contributed by atoms with van der Waals surface area (Å²) >= 11 is 0. The first kappa shape index (κ1) is 19.2. The van der Waals surface area contributed by atoms with E-state index in [0.29, 0.717) is 28.3 Å². The summed E-state index contributed by atoms with van der Waals surface area (Å²) in [6.07, 6.45) is 1.72. The van der Waals surface area contributed by atoms with Crippen LogP contribution < -0.4 is 16.2 Å². The van der Waals surface area contributed by atoms with Crippen LogP contribution in [0.3, 0.4) is 0 Å². The topological polar surface area (TPSA) is 98.0 Å². The van der Waals surface area contributed by atoms with Gasteiger partial charge in [0.25, 0.3) is 0 Å². The summed E-state index contributed by atoms with van der Waals surface area (Å²) in [7, 11) is 0. The number of pyridine rings is 1. The lowest BCUT2D eigenvalue weighted by Gasteiger charge is -2.16. The van der Waals surface area contributed by atoms with E-state index in [1.807, 2.05) is 85.8 Å². The summed E-state index contributed by atoms with van der Waals surface area (Å²) < 4.78 is 5.85. The lowest BCUT2D eigenvalue weighted by Crippen LogP contribution is -2.16. The predicted octanol–water partition coefficient (Wildman–Crippen LogP) is 5.38. The Hall–Kier alpha value is -4.12. The molecule has 0 saturated carbocycles. The quantitative estimate of drug-likeness (QED) is 0.312. The molecular formula is C25H22N4O. The van der Waals surface area contributed by atoms with E-state index in [2.05, 4.69) is 4.98 Å². The van der Waals surface area contributed by atoms with Crippen LogP contribution in [0.2, 0.25) is 0 Å². The maximum absolute atomic E-state index is 8.12. The molecule has 0 amide bonds. The molecule has 0 aliphatic carbocycles. The molecule has 0 unspecified atom stereocenters. The molecule has 1 aromatic heterocycles. The smallest absolute Gasteiger partial charge is 0.127 e. The fourth-order valence-corrected chi connectivity index (χ4v) is 3.42. The molecule has 4 rings (SSSR count). The van der Waals surface area contributed by atoms with Gasteiger partial charge in [0.05, 0.1) is 16.9 Å². The minimum atomic E-state index is -0.0932. The van der Waals surface area contributed by atoms with E-state index in [-0.39, 0.29) is 5.84 Å². The van der Waals surface area contributed by atoms with Crippen molar-refractivity contribution in [3.05, 3.63) is 96.2 Å². The number of para-hydroxylation sites is 1. The molecular weight excluding hydrogens is 372 g/mol. The van der Waals surface area contributed by atoms with Gasteiger partial charge in [0.1, 0.15) is 17.3 Å². The van der Waals surface area contributed by atoms with Gasteiger partial charge >= 0.3 is 0 Å². The predicted molar refractivity (Wildman–Crippen MR) is 122 cm³/mol. The van der Waals surface area contributed by atoms with E-state index in [0.717, 1.165) is 22.4 Å². The van der Waals surface area contributed by atoms with E-state index in [1.54, 1.807) is 6.20 Å². The van der Waals surface area contributed by atoms with Gasteiger partial charge in [-0.15, -0.1) is 0 Å². The molecule has 0 fully saturated rings. The third-order valence-electron chi connectivity index (χ3n) is 4.93. The largest absolute Gasteiger partial charge is 0.457 e. The third kappa shape index (κ3) is 3.73. The van der Waals surface area contributed by atoms with Crippen molar-refractivity contribution in [2.45, 2.75) is 6.92 Å². The van der Waals surface area contributed by atoms with Crippen LogP contribution in [0.1, 0.15) is 11.1 Å².